The maximum atomic E-state index is 12.1. The van der Waals surface area contributed by atoms with Gasteiger partial charge in [-0.15, -0.1) is 11.3 Å². The Balaban J connectivity index is 1.99. The number of rotatable bonds is 6. The van der Waals surface area contributed by atoms with E-state index in [1.165, 1.54) is 11.3 Å². The average Bonchev–Trinajstić information content (AvgIpc) is 3.07. The largest absolute Gasteiger partial charge is 0.466 e. The van der Waals surface area contributed by atoms with E-state index < -0.39 is 0 Å². The van der Waals surface area contributed by atoms with Gasteiger partial charge < -0.3 is 9.30 Å². The number of carbonyl (C=O) groups excluding carboxylic acids is 2. The number of amides is 1. The van der Waals surface area contributed by atoms with Crippen molar-refractivity contribution in [3.05, 3.63) is 35.1 Å². The highest BCUT2D eigenvalue weighted by Gasteiger charge is 2.13. The van der Waals surface area contributed by atoms with E-state index >= 15 is 0 Å². The number of anilines is 1. The summed E-state index contributed by atoms with van der Waals surface area (Å²) in [6.45, 7) is 4.80. The Labute approximate surface area is 126 Å². The molecule has 2 rings (SSSR count). The minimum atomic E-state index is -0.319. The lowest BCUT2D eigenvalue weighted by Crippen LogP contribution is -2.16. The van der Waals surface area contributed by atoms with Gasteiger partial charge in [0.25, 0.3) is 5.91 Å². The van der Waals surface area contributed by atoms with E-state index in [1.54, 1.807) is 18.4 Å². The lowest BCUT2D eigenvalue weighted by atomic mass is 10.3. The van der Waals surface area contributed by atoms with Gasteiger partial charge in [0.05, 0.1) is 18.7 Å². The zero-order chi connectivity index (χ0) is 15.2. The molecule has 21 heavy (non-hydrogen) atoms. The molecule has 6 nitrogen and oxygen atoms in total. The predicted molar refractivity (Wildman–Crippen MR) is 80.5 cm³/mol. The molecule has 112 valence electrons. The zero-order valence-corrected chi connectivity index (χ0v) is 12.8. The molecule has 2 aromatic heterocycles. The third-order valence-electron chi connectivity index (χ3n) is 2.81. The molecule has 0 bridgehead atoms. The van der Waals surface area contributed by atoms with Crippen LogP contribution < -0.4 is 5.32 Å². The van der Waals surface area contributed by atoms with E-state index in [4.69, 9.17) is 4.74 Å². The molecule has 0 radical (unpaired) electrons. The lowest BCUT2D eigenvalue weighted by Gasteiger charge is -2.05. The minimum absolute atomic E-state index is 0.117. The molecule has 1 amide bonds. The molecule has 0 aliphatic carbocycles. The molecule has 0 aliphatic heterocycles. The second-order valence-electron chi connectivity index (χ2n) is 4.26. The second kappa shape index (κ2) is 7.03. The number of carbonyl (C=O) groups is 2. The van der Waals surface area contributed by atoms with Crippen LogP contribution in [0.25, 0.3) is 0 Å². The standard InChI is InChI=1S/C14H17N3O3S/c1-3-17-7-5-6-11(17)13(19)16-14-15-10(9-21-14)8-12(18)20-4-2/h5-7,9H,3-4,8H2,1-2H3,(H,15,16,19). The van der Waals surface area contributed by atoms with Crippen LogP contribution in [-0.2, 0) is 22.5 Å². The van der Waals surface area contributed by atoms with Crippen LogP contribution >= 0.6 is 11.3 Å². The van der Waals surface area contributed by atoms with Gasteiger partial charge in [-0.05, 0) is 26.0 Å². The van der Waals surface area contributed by atoms with Crippen molar-refractivity contribution in [2.75, 3.05) is 11.9 Å². The van der Waals surface area contributed by atoms with E-state index in [2.05, 4.69) is 10.3 Å². The Hall–Kier alpha value is -2.15. The van der Waals surface area contributed by atoms with Crippen LogP contribution in [0.4, 0.5) is 5.13 Å². The summed E-state index contributed by atoms with van der Waals surface area (Å²) in [6, 6.07) is 3.58. The first-order chi connectivity index (χ1) is 10.1. The molecular formula is C14H17N3O3S. The number of nitrogens with zero attached hydrogens (tertiary/aromatic N) is 2. The van der Waals surface area contributed by atoms with Gasteiger partial charge in [0.1, 0.15) is 5.69 Å². The molecule has 0 spiro atoms. The van der Waals surface area contributed by atoms with Crippen LogP contribution in [0.15, 0.2) is 23.7 Å². The van der Waals surface area contributed by atoms with Gasteiger partial charge in [0.2, 0.25) is 0 Å². The van der Waals surface area contributed by atoms with Gasteiger partial charge in [-0.2, -0.15) is 0 Å². The molecule has 0 aliphatic rings. The number of aromatic nitrogens is 2. The van der Waals surface area contributed by atoms with E-state index in [-0.39, 0.29) is 18.3 Å². The number of hydrogen-bond acceptors (Lipinski definition) is 5. The predicted octanol–water partition coefficient (Wildman–Crippen LogP) is 2.32. The summed E-state index contributed by atoms with van der Waals surface area (Å²) in [4.78, 5) is 27.7. The summed E-state index contributed by atoms with van der Waals surface area (Å²) in [7, 11) is 0. The average molecular weight is 307 g/mol. The Morgan fingerprint density at radius 1 is 1.43 bits per heavy atom. The highest BCUT2D eigenvalue weighted by Crippen LogP contribution is 2.17. The van der Waals surface area contributed by atoms with Crippen LogP contribution in [0.3, 0.4) is 0 Å². The van der Waals surface area contributed by atoms with Gasteiger partial charge in [-0.1, -0.05) is 0 Å². The van der Waals surface area contributed by atoms with Crippen molar-refractivity contribution in [1.82, 2.24) is 9.55 Å². The van der Waals surface area contributed by atoms with Crippen molar-refractivity contribution >= 4 is 28.3 Å². The van der Waals surface area contributed by atoms with Crippen molar-refractivity contribution in [1.29, 1.82) is 0 Å². The fourth-order valence-corrected chi connectivity index (χ4v) is 2.57. The maximum Gasteiger partial charge on any atom is 0.311 e. The Bertz CT molecular complexity index is 633. The SMILES string of the molecule is CCOC(=O)Cc1csc(NC(=O)c2cccn2CC)n1. The van der Waals surface area contributed by atoms with Crippen LogP contribution in [0.1, 0.15) is 30.0 Å². The van der Waals surface area contributed by atoms with Crippen LogP contribution in [0.5, 0.6) is 0 Å². The molecule has 0 unspecified atom stereocenters. The number of hydrogen-bond donors (Lipinski definition) is 1. The van der Waals surface area contributed by atoms with Crippen molar-refractivity contribution in [3.8, 4) is 0 Å². The van der Waals surface area contributed by atoms with Crippen LogP contribution in [0.2, 0.25) is 0 Å². The van der Waals surface area contributed by atoms with E-state index in [9.17, 15) is 9.59 Å². The Kier molecular flexibility index (Phi) is 5.10. The summed E-state index contributed by atoms with van der Waals surface area (Å²) in [6.07, 6.45) is 1.97. The van der Waals surface area contributed by atoms with Gasteiger partial charge in [-0.25, -0.2) is 4.98 Å². The molecule has 0 aromatic carbocycles. The molecule has 0 saturated carbocycles. The van der Waals surface area contributed by atoms with Gasteiger partial charge in [-0.3, -0.25) is 14.9 Å². The van der Waals surface area contributed by atoms with E-state index in [1.807, 2.05) is 23.8 Å². The van der Waals surface area contributed by atoms with Gasteiger partial charge in [0.15, 0.2) is 5.13 Å². The summed E-state index contributed by atoms with van der Waals surface area (Å²) in [5, 5.41) is 4.96. The molecular weight excluding hydrogens is 290 g/mol. The number of nitrogens with one attached hydrogen (secondary N) is 1. The highest BCUT2D eigenvalue weighted by molar-refractivity contribution is 7.14. The van der Waals surface area contributed by atoms with Crippen molar-refractivity contribution in [2.45, 2.75) is 26.8 Å². The topological polar surface area (TPSA) is 73.2 Å². The number of esters is 1. The molecule has 2 heterocycles. The zero-order valence-electron chi connectivity index (χ0n) is 12.0. The summed E-state index contributed by atoms with van der Waals surface area (Å²) in [5.74, 6) is -0.528. The quantitative estimate of drug-likeness (QED) is 0.831. The van der Waals surface area contributed by atoms with Gasteiger partial charge in [0, 0.05) is 18.1 Å². The Morgan fingerprint density at radius 2 is 2.24 bits per heavy atom. The van der Waals surface area contributed by atoms with Gasteiger partial charge >= 0.3 is 5.97 Å². The van der Waals surface area contributed by atoms with Crippen LogP contribution in [-0.4, -0.2) is 28.0 Å². The van der Waals surface area contributed by atoms with E-state index in [0.717, 1.165) is 6.54 Å². The second-order valence-corrected chi connectivity index (χ2v) is 5.12. The van der Waals surface area contributed by atoms with Crippen LogP contribution in [0, 0.1) is 0 Å². The number of aryl methyl sites for hydroxylation is 1. The van der Waals surface area contributed by atoms with Crippen molar-refractivity contribution in [2.24, 2.45) is 0 Å². The van der Waals surface area contributed by atoms with E-state index in [0.29, 0.717) is 23.1 Å². The number of ether oxygens (including phenoxy) is 1. The molecule has 0 fully saturated rings. The Morgan fingerprint density at radius 3 is 2.95 bits per heavy atom. The summed E-state index contributed by atoms with van der Waals surface area (Å²) in [5.41, 5.74) is 1.18. The fourth-order valence-electron chi connectivity index (χ4n) is 1.86. The molecule has 0 atom stereocenters. The molecule has 1 N–H and O–H groups in total. The third-order valence-corrected chi connectivity index (χ3v) is 3.61. The smallest absolute Gasteiger partial charge is 0.311 e. The summed E-state index contributed by atoms with van der Waals surface area (Å²) < 4.78 is 6.71. The highest BCUT2D eigenvalue weighted by atomic mass is 32.1. The monoisotopic (exact) mass is 307 g/mol. The molecule has 0 saturated heterocycles. The first kappa shape index (κ1) is 15.2. The molecule has 7 heteroatoms. The normalized spacial score (nSPS) is 10.4. The fraction of sp³-hybridized carbons (Fsp3) is 0.357. The maximum absolute atomic E-state index is 12.1. The molecule has 2 aromatic rings. The third kappa shape index (κ3) is 3.91. The lowest BCUT2D eigenvalue weighted by molar-refractivity contribution is -0.142. The first-order valence-electron chi connectivity index (χ1n) is 6.70. The minimum Gasteiger partial charge on any atom is -0.466 e. The van der Waals surface area contributed by atoms with Crippen molar-refractivity contribution in [3.63, 3.8) is 0 Å². The summed E-state index contributed by atoms with van der Waals surface area (Å²) >= 11 is 1.29. The first-order valence-corrected chi connectivity index (χ1v) is 7.58. The number of thiazole rings is 1. The van der Waals surface area contributed by atoms with Crippen molar-refractivity contribution < 1.29 is 14.3 Å².